The van der Waals surface area contributed by atoms with Gasteiger partial charge in [-0.1, -0.05) is 0 Å². The number of aromatic nitrogens is 2. The van der Waals surface area contributed by atoms with Gasteiger partial charge in [0.15, 0.2) is 0 Å². The number of halogens is 6. The van der Waals surface area contributed by atoms with Crippen molar-refractivity contribution in [2.24, 2.45) is 5.14 Å². The Morgan fingerprint density at radius 3 is 2.32 bits per heavy atom. The van der Waals surface area contributed by atoms with Gasteiger partial charge >= 0.3 is 12.4 Å². The van der Waals surface area contributed by atoms with Crippen LogP contribution in [0.25, 0.3) is 11.0 Å². The predicted molar refractivity (Wildman–Crippen MR) is 69.3 cm³/mol. The number of imidazole rings is 1. The smallest absolute Gasteiger partial charge is 0.341 e. The summed E-state index contributed by atoms with van der Waals surface area (Å²) in [4.78, 5) is 6.20. The fraction of sp³-hybridized carbons (Fsp3) is 0.364. The van der Waals surface area contributed by atoms with Crippen molar-refractivity contribution in [2.75, 3.05) is 7.05 Å². The lowest BCUT2D eigenvalue weighted by Crippen LogP contribution is -2.12. The molecule has 1 heterocycles. The van der Waals surface area contributed by atoms with E-state index in [0.717, 1.165) is 12.1 Å². The first-order valence-corrected chi connectivity index (χ1v) is 6.61. The second kappa shape index (κ2) is 5.63. The summed E-state index contributed by atoms with van der Waals surface area (Å²) >= 11 is 0.818. The van der Waals surface area contributed by atoms with Gasteiger partial charge in [-0.2, -0.15) is 26.3 Å². The minimum absolute atomic E-state index is 0.0501. The Labute approximate surface area is 124 Å². The van der Waals surface area contributed by atoms with Gasteiger partial charge in [0, 0.05) is 12.1 Å². The standard InChI is InChI=1S/C11H10F6N4S/c1-21(22-18)4-8-19-7-3-5(10(12,13)14)2-6(9(7)20-8)11(15,16)17/h2-3H,4,18H2,1H3,(H,19,20). The van der Waals surface area contributed by atoms with Crippen molar-refractivity contribution < 1.29 is 26.3 Å². The molecule has 4 nitrogen and oxygen atoms in total. The maximum absolute atomic E-state index is 13.0. The van der Waals surface area contributed by atoms with Crippen molar-refractivity contribution in [1.82, 2.24) is 14.3 Å². The largest absolute Gasteiger partial charge is 0.418 e. The van der Waals surface area contributed by atoms with Gasteiger partial charge in [0.25, 0.3) is 0 Å². The van der Waals surface area contributed by atoms with Crippen LogP contribution in [0.5, 0.6) is 0 Å². The van der Waals surface area contributed by atoms with Crippen LogP contribution in [0.15, 0.2) is 12.1 Å². The third-order valence-corrected chi connectivity index (χ3v) is 3.31. The van der Waals surface area contributed by atoms with E-state index in [4.69, 9.17) is 5.14 Å². The predicted octanol–water partition coefficient (Wildman–Crippen LogP) is 3.55. The maximum Gasteiger partial charge on any atom is 0.418 e. The molecule has 0 spiro atoms. The normalized spacial score (nSPS) is 13.3. The number of hydrogen-bond acceptors (Lipinski definition) is 4. The quantitative estimate of drug-likeness (QED) is 0.660. The molecule has 0 amide bonds. The minimum Gasteiger partial charge on any atom is -0.341 e. The summed E-state index contributed by atoms with van der Waals surface area (Å²) in [7, 11) is 1.56. The first kappa shape index (κ1) is 16.9. The molecule has 0 aliphatic rings. The lowest BCUT2D eigenvalue weighted by Gasteiger charge is -2.11. The zero-order valence-electron chi connectivity index (χ0n) is 11.0. The Morgan fingerprint density at radius 1 is 1.18 bits per heavy atom. The number of rotatable bonds is 3. The third kappa shape index (κ3) is 3.47. The molecule has 0 saturated carbocycles. The fourth-order valence-corrected chi connectivity index (χ4v) is 2.07. The first-order valence-electron chi connectivity index (χ1n) is 5.77. The van der Waals surface area contributed by atoms with Gasteiger partial charge in [0.1, 0.15) is 11.3 Å². The van der Waals surface area contributed by atoms with Gasteiger partial charge in [-0.25, -0.2) is 9.29 Å². The number of nitrogens with one attached hydrogen (secondary N) is 1. The zero-order valence-corrected chi connectivity index (χ0v) is 11.8. The molecule has 0 aliphatic carbocycles. The van der Waals surface area contributed by atoms with Gasteiger partial charge in [-0.3, -0.25) is 5.14 Å². The van der Waals surface area contributed by atoms with Crippen LogP contribution in [0, 0.1) is 0 Å². The molecule has 0 fully saturated rings. The Hall–Kier alpha value is -1.46. The van der Waals surface area contributed by atoms with E-state index in [0.29, 0.717) is 6.07 Å². The molecular weight excluding hydrogens is 334 g/mol. The molecule has 3 N–H and O–H groups in total. The first-order chi connectivity index (χ1) is 10.0. The Balaban J connectivity index is 2.62. The van der Waals surface area contributed by atoms with Crippen molar-refractivity contribution in [3.8, 4) is 0 Å². The Morgan fingerprint density at radius 2 is 1.82 bits per heavy atom. The van der Waals surface area contributed by atoms with Crippen LogP contribution >= 0.6 is 12.1 Å². The number of nitrogens with two attached hydrogens (primary N) is 1. The summed E-state index contributed by atoms with van der Waals surface area (Å²) in [5.41, 5.74) is -3.69. The number of alkyl halides is 6. The summed E-state index contributed by atoms with van der Waals surface area (Å²) < 4.78 is 78.5. The molecule has 0 unspecified atom stereocenters. The van der Waals surface area contributed by atoms with Gasteiger partial charge in [0.05, 0.1) is 23.2 Å². The maximum atomic E-state index is 13.0. The molecule has 1 aromatic heterocycles. The van der Waals surface area contributed by atoms with Crippen molar-refractivity contribution >= 4 is 23.2 Å². The molecule has 0 saturated heterocycles. The molecular formula is C11H10F6N4S. The highest BCUT2D eigenvalue weighted by atomic mass is 32.2. The molecule has 1 aromatic carbocycles. The topological polar surface area (TPSA) is 57.9 Å². The van der Waals surface area contributed by atoms with E-state index in [9.17, 15) is 26.3 Å². The van der Waals surface area contributed by atoms with Crippen molar-refractivity contribution in [2.45, 2.75) is 18.9 Å². The van der Waals surface area contributed by atoms with Crippen molar-refractivity contribution in [3.63, 3.8) is 0 Å². The lowest BCUT2D eigenvalue weighted by atomic mass is 10.1. The third-order valence-electron chi connectivity index (χ3n) is 2.82. The van der Waals surface area contributed by atoms with E-state index in [1.165, 1.54) is 4.31 Å². The average molecular weight is 344 g/mol. The molecule has 0 bridgehead atoms. The molecule has 22 heavy (non-hydrogen) atoms. The second-order valence-electron chi connectivity index (χ2n) is 4.49. The molecule has 0 atom stereocenters. The molecule has 122 valence electrons. The molecule has 2 aromatic rings. The minimum atomic E-state index is -4.94. The highest BCUT2D eigenvalue weighted by Gasteiger charge is 2.39. The molecule has 0 radical (unpaired) electrons. The van der Waals surface area contributed by atoms with E-state index in [2.05, 4.69) is 9.97 Å². The van der Waals surface area contributed by atoms with Crippen LogP contribution in [0.2, 0.25) is 0 Å². The molecule has 11 heteroatoms. The van der Waals surface area contributed by atoms with Gasteiger partial charge in [0.2, 0.25) is 0 Å². The summed E-state index contributed by atoms with van der Waals surface area (Å²) in [6.45, 7) is 0.0501. The van der Waals surface area contributed by atoms with Crippen molar-refractivity contribution in [3.05, 3.63) is 29.1 Å². The molecule has 2 rings (SSSR count). The van der Waals surface area contributed by atoms with Crippen LogP contribution in [-0.2, 0) is 18.9 Å². The van der Waals surface area contributed by atoms with Crippen LogP contribution in [0.3, 0.4) is 0 Å². The molecule has 0 aliphatic heterocycles. The van der Waals surface area contributed by atoms with Crippen LogP contribution in [-0.4, -0.2) is 21.3 Å². The monoisotopic (exact) mass is 344 g/mol. The Bertz CT molecular complexity index is 677. The zero-order chi connectivity index (χ0) is 16.7. The average Bonchev–Trinajstić information content (AvgIpc) is 2.76. The number of aromatic amines is 1. The number of hydrogen-bond donors (Lipinski definition) is 2. The number of H-pyrrole nitrogens is 1. The van der Waals surface area contributed by atoms with Crippen LogP contribution < -0.4 is 5.14 Å². The van der Waals surface area contributed by atoms with E-state index in [1.54, 1.807) is 7.05 Å². The Kier molecular flexibility index (Phi) is 4.33. The SMILES string of the molecule is CN(Cc1nc2c(C(F)(F)F)cc(C(F)(F)F)cc2[nH]1)SN. The van der Waals surface area contributed by atoms with Gasteiger partial charge in [-0.15, -0.1) is 0 Å². The van der Waals surface area contributed by atoms with Crippen molar-refractivity contribution in [1.29, 1.82) is 0 Å². The summed E-state index contributed by atoms with van der Waals surface area (Å²) in [5, 5.41) is 5.27. The van der Waals surface area contributed by atoms with Crippen LogP contribution in [0.4, 0.5) is 26.3 Å². The fourth-order valence-electron chi connectivity index (χ4n) is 1.87. The number of benzene rings is 1. The highest BCUT2D eigenvalue weighted by molar-refractivity contribution is 7.94. The summed E-state index contributed by atoms with van der Waals surface area (Å²) in [6, 6.07) is 0.672. The summed E-state index contributed by atoms with van der Waals surface area (Å²) in [5.74, 6) is 0.0836. The summed E-state index contributed by atoms with van der Waals surface area (Å²) in [6.07, 6.45) is -9.83. The van der Waals surface area contributed by atoms with E-state index in [1.807, 2.05) is 0 Å². The van der Waals surface area contributed by atoms with Gasteiger partial charge < -0.3 is 4.98 Å². The van der Waals surface area contributed by atoms with E-state index in [-0.39, 0.29) is 24.0 Å². The lowest BCUT2D eigenvalue weighted by molar-refractivity contribution is -0.142. The van der Waals surface area contributed by atoms with E-state index >= 15 is 0 Å². The van der Waals surface area contributed by atoms with Gasteiger partial charge in [-0.05, 0) is 19.2 Å². The number of fused-ring (bicyclic) bond motifs is 1. The second-order valence-corrected chi connectivity index (χ2v) is 5.32. The number of nitrogens with zero attached hydrogens (tertiary/aromatic N) is 2. The van der Waals surface area contributed by atoms with Crippen LogP contribution in [0.1, 0.15) is 17.0 Å². The van der Waals surface area contributed by atoms with E-state index < -0.39 is 29.0 Å². The highest BCUT2D eigenvalue weighted by Crippen LogP contribution is 2.39.